The maximum atomic E-state index is 5.59. The minimum absolute atomic E-state index is 0.159. The van der Waals surface area contributed by atoms with Crippen LogP contribution in [-0.4, -0.2) is 17.2 Å². The Labute approximate surface area is 166 Å². The lowest BCUT2D eigenvalue weighted by molar-refractivity contribution is 0.419. The first-order chi connectivity index (χ1) is 13.0. The molecule has 1 atom stereocenters. The summed E-state index contributed by atoms with van der Waals surface area (Å²) in [5.41, 5.74) is 5.55. The molecule has 0 aliphatic carbocycles. The summed E-state index contributed by atoms with van der Waals surface area (Å²) in [4.78, 5) is 4.43. The fraction of sp³-hybridized carbons (Fsp3) is 0.273. The van der Waals surface area contributed by atoms with Crippen molar-refractivity contribution in [2.45, 2.75) is 33.2 Å². The first kappa shape index (κ1) is 19.1. The largest absolute Gasteiger partial charge is 0.494 e. The van der Waals surface area contributed by atoms with Crippen LogP contribution >= 0.6 is 12.2 Å². The second kappa shape index (κ2) is 8.35. The number of anilines is 1. The second-order valence-corrected chi connectivity index (χ2v) is 7.03. The molecule has 1 aromatic heterocycles. The maximum Gasteiger partial charge on any atom is 0.171 e. The molecule has 0 unspecified atom stereocenters. The zero-order chi connectivity index (χ0) is 19.4. The van der Waals surface area contributed by atoms with E-state index in [9.17, 15) is 0 Å². The number of aryl methyl sites for hydroxylation is 2. The third kappa shape index (κ3) is 4.19. The van der Waals surface area contributed by atoms with E-state index in [4.69, 9.17) is 17.0 Å². The van der Waals surface area contributed by atoms with Gasteiger partial charge in [-0.15, -0.1) is 0 Å². The number of hydrogen-bond donors (Lipinski definition) is 2. The van der Waals surface area contributed by atoms with Gasteiger partial charge in [0.05, 0.1) is 13.2 Å². The van der Waals surface area contributed by atoms with E-state index in [1.165, 1.54) is 16.7 Å². The van der Waals surface area contributed by atoms with Crippen LogP contribution in [0.2, 0.25) is 0 Å². The van der Waals surface area contributed by atoms with E-state index in [0.717, 1.165) is 28.8 Å². The molecule has 0 saturated carbocycles. The van der Waals surface area contributed by atoms with E-state index in [-0.39, 0.29) is 6.04 Å². The van der Waals surface area contributed by atoms with Crippen LogP contribution in [-0.2, 0) is 0 Å². The number of aromatic nitrogens is 1. The molecule has 2 aromatic carbocycles. The maximum absolute atomic E-state index is 5.59. The highest BCUT2D eigenvalue weighted by Crippen LogP contribution is 2.30. The molecule has 0 bridgehead atoms. The Morgan fingerprint density at radius 2 is 1.96 bits per heavy atom. The Morgan fingerprint density at radius 3 is 2.67 bits per heavy atom. The van der Waals surface area contributed by atoms with Crippen molar-refractivity contribution >= 4 is 33.9 Å². The van der Waals surface area contributed by atoms with E-state index in [2.05, 4.69) is 54.6 Å². The number of fused-ring (bicyclic) bond motifs is 1. The van der Waals surface area contributed by atoms with Gasteiger partial charge in [0, 0.05) is 17.3 Å². The minimum Gasteiger partial charge on any atom is -0.494 e. The van der Waals surface area contributed by atoms with E-state index < -0.39 is 0 Å². The molecule has 0 fully saturated rings. The molecule has 1 heterocycles. The molecule has 5 heteroatoms. The zero-order valence-corrected chi connectivity index (χ0v) is 17.0. The number of benzene rings is 2. The van der Waals surface area contributed by atoms with Gasteiger partial charge in [0.15, 0.2) is 5.11 Å². The molecule has 0 spiro atoms. The smallest absolute Gasteiger partial charge is 0.171 e. The average Bonchev–Trinajstić information content (AvgIpc) is 2.68. The van der Waals surface area contributed by atoms with Gasteiger partial charge in [0.1, 0.15) is 11.3 Å². The Hall–Kier alpha value is -2.66. The topological polar surface area (TPSA) is 46.2 Å². The summed E-state index contributed by atoms with van der Waals surface area (Å²) >= 11 is 5.59. The van der Waals surface area contributed by atoms with E-state index in [1.807, 2.05) is 24.3 Å². The van der Waals surface area contributed by atoms with Crippen LogP contribution in [0.25, 0.3) is 10.9 Å². The van der Waals surface area contributed by atoms with Crippen molar-refractivity contribution in [2.24, 2.45) is 0 Å². The highest BCUT2D eigenvalue weighted by atomic mass is 32.1. The summed E-state index contributed by atoms with van der Waals surface area (Å²) in [7, 11) is 1.65. The normalized spacial score (nSPS) is 11.9. The molecule has 0 saturated heterocycles. The van der Waals surface area contributed by atoms with Gasteiger partial charge in [0.2, 0.25) is 0 Å². The minimum atomic E-state index is 0.159. The van der Waals surface area contributed by atoms with Gasteiger partial charge < -0.3 is 15.4 Å². The molecular formula is C22H25N3OS. The molecule has 27 heavy (non-hydrogen) atoms. The highest BCUT2D eigenvalue weighted by Gasteiger charge is 2.13. The number of nitrogens with one attached hydrogen (secondary N) is 2. The van der Waals surface area contributed by atoms with Crippen molar-refractivity contribution in [2.75, 3.05) is 12.4 Å². The average molecular weight is 380 g/mol. The third-order valence-electron chi connectivity index (χ3n) is 4.85. The summed E-state index contributed by atoms with van der Waals surface area (Å²) < 4.78 is 5.41. The van der Waals surface area contributed by atoms with Crippen molar-refractivity contribution < 1.29 is 4.74 Å². The molecule has 0 aliphatic rings. The van der Waals surface area contributed by atoms with Crippen molar-refractivity contribution in [1.82, 2.24) is 10.3 Å². The number of rotatable bonds is 5. The number of thiocarbonyl (C=S) groups is 1. The van der Waals surface area contributed by atoms with E-state index in [1.54, 1.807) is 13.3 Å². The van der Waals surface area contributed by atoms with Crippen LogP contribution in [0.5, 0.6) is 5.75 Å². The van der Waals surface area contributed by atoms with E-state index >= 15 is 0 Å². The molecule has 0 radical (unpaired) electrons. The van der Waals surface area contributed by atoms with Gasteiger partial charge in [-0.3, -0.25) is 4.98 Å². The number of methoxy groups -OCH3 is 1. The zero-order valence-electron chi connectivity index (χ0n) is 16.2. The lowest BCUT2D eigenvalue weighted by Crippen LogP contribution is -2.32. The van der Waals surface area contributed by atoms with Crippen molar-refractivity contribution in [3.8, 4) is 5.75 Å². The quantitative estimate of drug-likeness (QED) is 0.589. The van der Waals surface area contributed by atoms with Crippen molar-refractivity contribution in [3.63, 3.8) is 0 Å². The van der Waals surface area contributed by atoms with Gasteiger partial charge >= 0.3 is 0 Å². The lowest BCUT2D eigenvalue weighted by Gasteiger charge is -2.21. The van der Waals surface area contributed by atoms with Gasteiger partial charge in [-0.2, -0.15) is 0 Å². The lowest BCUT2D eigenvalue weighted by atomic mass is 9.99. The Morgan fingerprint density at radius 1 is 1.15 bits per heavy atom. The predicted octanol–water partition coefficient (Wildman–Crippen LogP) is 5.30. The summed E-state index contributed by atoms with van der Waals surface area (Å²) in [5, 5.41) is 8.33. The van der Waals surface area contributed by atoms with Crippen LogP contribution in [0.4, 0.5) is 5.69 Å². The van der Waals surface area contributed by atoms with Gasteiger partial charge in [-0.25, -0.2) is 0 Å². The summed E-state index contributed by atoms with van der Waals surface area (Å²) in [6, 6.07) is 14.5. The number of hydrogen-bond acceptors (Lipinski definition) is 3. The number of ether oxygens (including phenoxy) is 1. The molecule has 2 N–H and O–H groups in total. The molecular weight excluding hydrogens is 354 g/mol. The molecule has 0 amide bonds. The van der Waals surface area contributed by atoms with Crippen LogP contribution in [0.15, 0.2) is 48.7 Å². The third-order valence-corrected chi connectivity index (χ3v) is 5.07. The molecule has 140 valence electrons. The van der Waals surface area contributed by atoms with Crippen LogP contribution in [0.3, 0.4) is 0 Å². The van der Waals surface area contributed by atoms with Crippen molar-refractivity contribution in [3.05, 3.63) is 65.4 Å². The summed E-state index contributed by atoms with van der Waals surface area (Å²) in [6.45, 7) is 6.42. The Kier molecular flexibility index (Phi) is 5.91. The molecule has 3 rings (SSSR count). The Bertz CT molecular complexity index is 971. The van der Waals surface area contributed by atoms with Crippen molar-refractivity contribution in [1.29, 1.82) is 0 Å². The van der Waals surface area contributed by atoms with Crippen LogP contribution in [0.1, 0.15) is 36.1 Å². The first-order valence-electron chi connectivity index (χ1n) is 9.10. The molecule has 3 aromatic rings. The van der Waals surface area contributed by atoms with Crippen LogP contribution < -0.4 is 15.4 Å². The highest BCUT2D eigenvalue weighted by molar-refractivity contribution is 7.80. The monoisotopic (exact) mass is 379 g/mol. The second-order valence-electron chi connectivity index (χ2n) is 6.62. The SMILES string of the molecule is CC[C@@H](NC(=S)Nc1ccc(OC)c2ncccc12)c1ccc(C)c(C)c1. The van der Waals surface area contributed by atoms with E-state index in [0.29, 0.717) is 5.11 Å². The number of pyridine rings is 1. The van der Waals surface area contributed by atoms with Gasteiger partial charge in [0.25, 0.3) is 0 Å². The molecule has 4 nitrogen and oxygen atoms in total. The van der Waals surface area contributed by atoms with Gasteiger partial charge in [-0.05, 0) is 73.4 Å². The van der Waals surface area contributed by atoms with Gasteiger partial charge in [-0.1, -0.05) is 25.1 Å². The standard InChI is InChI=1S/C22H25N3OS/c1-5-18(16-9-8-14(2)15(3)13-16)24-22(27)25-19-10-11-20(26-4)21-17(19)7-6-12-23-21/h6-13,18H,5H2,1-4H3,(H2,24,25,27)/t18-/m1/s1. The summed E-state index contributed by atoms with van der Waals surface area (Å²) in [5.74, 6) is 0.747. The Balaban J connectivity index is 1.81. The molecule has 0 aliphatic heterocycles. The fourth-order valence-corrected chi connectivity index (χ4v) is 3.39. The first-order valence-corrected chi connectivity index (χ1v) is 9.50. The summed E-state index contributed by atoms with van der Waals surface area (Å²) in [6.07, 6.45) is 2.70. The predicted molar refractivity (Wildman–Crippen MR) is 117 cm³/mol. The number of nitrogens with zero attached hydrogens (tertiary/aromatic N) is 1. The fourth-order valence-electron chi connectivity index (χ4n) is 3.14. The van der Waals surface area contributed by atoms with Crippen LogP contribution in [0, 0.1) is 13.8 Å².